The highest BCUT2D eigenvalue weighted by atomic mass is 19.4. The molecule has 0 amide bonds. The van der Waals surface area contributed by atoms with Crippen LogP contribution in [-0.2, 0) is 19.0 Å². The maximum atomic E-state index is 13.7. The summed E-state index contributed by atoms with van der Waals surface area (Å²) >= 11 is 0. The average molecular weight is 565 g/mol. The number of carbonyl (C=O) groups excluding carboxylic acids is 1. The first-order chi connectivity index (χ1) is 16.4. The maximum absolute atomic E-state index is 13.7. The van der Waals surface area contributed by atoms with Crippen molar-refractivity contribution < 1.29 is 55.6 Å². The molecule has 12 heteroatoms. The van der Waals surface area contributed by atoms with Crippen LogP contribution in [0.5, 0.6) is 0 Å². The lowest BCUT2D eigenvalue weighted by molar-refractivity contribution is -0.424. The number of esters is 1. The molecule has 2 N–H and O–H groups in total. The van der Waals surface area contributed by atoms with Gasteiger partial charge >= 0.3 is 18.3 Å². The molecular formula is C26H42F6O6. The summed E-state index contributed by atoms with van der Waals surface area (Å²) in [4.78, 5) is 12.3. The van der Waals surface area contributed by atoms with E-state index in [1.54, 1.807) is 27.7 Å². The number of hydrogen-bond acceptors (Lipinski definition) is 6. The SMILES string of the molecule is C=C(C)C(=O)OC1CC(C(C)(C)OC(C)(C)C(O)(C(F)(F)F)C(F)(F)F)C1C(C)(C)OC(C)(C)C(C)(C)O. The van der Waals surface area contributed by atoms with Crippen LogP contribution in [0.3, 0.4) is 0 Å². The zero-order valence-electron chi connectivity index (χ0n) is 23.9. The van der Waals surface area contributed by atoms with Gasteiger partial charge in [0.05, 0.1) is 22.4 Å². The van der Waals surface area contributed by atoms with Crippen LogP contribution in [0.15, 0.2) is 12.2 Å². The minimum absolute atomic E-state index is 0.0268. The summed E-state index contributed by atoms with van der Waals surface area (Å²) in [6.07, 6.45) is -13.0. The lowest BCUT2D eigenvalue weighted by Gasteiger charge is -2.59. The molecule has 1 aliphatic rings. The quantitative estimate of drug-likeness (QED) is 0.196. The van der Waals surface area contributed by atoms with Crippen molar-refractivity contribution >= 4 is 5.97 Å². The molecule has 6 nitrogen and oxygen atoms in total. The predicted molar refractivity (Wildman–Crippen MR) is 128 cm³/mol. The van der Waals surface area contributed by atoms with Crippen LogP contribution in [0.25, 0.3) is 0 Å². The lowest BCUT2D eigenvalue weighted by atomic mass is 9.57. The molecule has 0 aromatic heterocycles. The molecule has 0 heterocycles. The fourth-order valence-corrected chi connectivity index (χ4v) is 5.12. The third-order valence-corrected chi connectivity index (χ3v) is 7.82. The molecule has 1 saturated carbocycles. The van der Waals surface area contributed by atoms with Gasteiger partial charge in [0, 0.05) is 11.5 Å². The molecule has 3 atom stereocenters. The number of ether oxygens (including phenoxy) is 3. The second-order valence-corrected chi connectivity index (χ2v) is 12.8. The van der Waals surface area contributed by atoms with Gasteiger partial charge in [-0.3, -0.25) is 0 Å². The van der Waals surface area contributed by atoms with Gasteiger partial charge < -0.3 is 24.4 Å². The van der Waals surface area contributed by atoms with Crippen molar-refractivity contribution in [3.8, 4) is 0 Å². The van der Waals surface area contributed by atoms with Gasteiger partial charge in [0.2, 0.25) is 0 Å². The van der Waals surface area contributed by atoms with Crippen LogP contribution < -0.4 is 0 Å². The van der Waals surface area contributed by atoms with Crippen LogP contribution in [0, 0.1) is 11.8 Å². The summed E-state index contributed by atoms with van der Waals surface area (Å²) < 4.78 is 99.2. The molecule has 3 unspecified atom stereocenters. The number of halogens is 6. The first kappa shape index (κ1) is 34.7. The highest BCUT2D eigenvalue weighted by molar-refractivity contribution is 5.87. The summed E-state index contributed by atoms with van der Waals surface area (Å²) in [6.45, 7) is 18.2. The highest BCUT2D eigenvalue weighted by Gasteiger charge is 2.78. The Labute approximate surface area is 220 Å². The third kappa shape index (κ3) is 6.33. The van der Waals surface area contributed by atoms with Crippen LogP contribution in [-0.4, -0.2) is 68.2 Å². The van der Waals surface area contributed by atoms with Gasteiger partial charge in [0.1, 0.15) is 11.7 Å². The van der Waals surface area contributed by atoms with Crippen molar-refractivity contribution in [3.63, 3.8) is 0 Å². The maximum Gasteiger partial charge on any atom is 0.429 e. The van der Waals surface area contributed by atoms with E-state index in [1.165, 1.54) is 34.6 Å². The zero-order chi connectivity index (χ0) is 30.7. The van der Waals surface area contributed by atoms with Gasteiger partial charge in [-0.2, -0.15) is 26.3 Å². The monoisotopic (exact) mass is 564 g/mol. The minimum atomic E-state index is -6.09. The van der Waals surface area contributed by atoms with Crippen LogP contribution in [0.1, 0.15) is 82.6 Å². The topological polar surface area (TPSA) is 85.2 Å². The Morgan fingerprint density at radius 1 is 0.763 bits per heavy atom. The molecule has 0 aliphatic heterocycles. The van der Waals surface area contributed by atoms with Crippen molar-refractivity contribution in [2.24, 2.45) is 11.8 Å². The molecule has 224 valence electrons. The molecule has 0 aromatic carbocycles. The van der Waals surface area contributed by atoms with E-state index in [1.807, 2.05) is 0 Å². The molecule has 0 bridgehead atoms. The fourth-order valence-electron chi connectivity index (χ4n) is 5.12. The van der Waals surface area contributed by atoms with Gasteiger partial charge in [0.25, 0.3) is 5.60 Å². The zero-order valence-corrected chi connectivity index (χ0v) is 23.9. The fraction of sp³-hybridized carbons (Fsp3) is 0.885. The number of alkyl halides is 6. The molecule has 1 aliphatic carbocycles. The van der Waals surface area contributed by atoms with E-state index >= 15 is 0 Å². The standard InChI is InChI=1S/C26H42F6O6/c1-14(2)18(33)36-16-13-15(17(16)20(5,6)38-22(9,10)21(7,8)34)19(3,4)37-23(11,12)24(35,25(27,28)29)26(30,31)32/h15-17,34-35H,1,13H2,2-12H3. The van der Waals surface area contributed by atoms with Gasteiger partial charge in [0.15, 0.2) is 0 Å². The Balaban J connectivity index is 3.53. The van der Waals surface area contributed by atoms with Crippen LogP contribution in [0.2, 0.25) is 0 Å². The molecule has 0 aromatic rings. The van der Waals surface area contributed by atoms with Crippen LogP contribution in [0.4, 0.5) is 26.3 Å². The second kappa shape index (κ2) is 9.92. The first-order valence-electron chi connectivity index (χ1n) is 12.2. The lowest BCUT2D eigenvalue weighted by Crippen LogP contribution is -2.72. The predicted octanol–water partition coefficient (Wildman–Crippen LogP) is 5.88. The Kier molecular flexibility index (Phi) is 9.05. The normalized spacial score (nSPS) is 22.7. The molecule has 1 fully saturated rings. The Hall–Kier alpha value is -1.37. The Bertz CT molecular complexity index is 881. The van der Waals surface area contributed by atoms with Gasteiger partial charge in [-0.05, 0) is 88.5 Å². The number of rotatable bonds is 10. The molecule has 0 radical (unpaired) electrons. The summed E-state index contributed by atoms with van der Waals surface area (Å²) in [5.74, 6) is -2.30. The summed E-state index contributed by atoms with van der Waals surface area (Å²) in [5.41, 5.74) is -13.7. The summed E-state index contributed by atoms with van der Waals surface area (Å²) in [7, 11) is 0. The van der Waals surface area contributed by atoms with E-state index in [4.69, 9.17) is 14.2 Å². The largest absolute Gasteiger partial charge is 0.459 e. The van der Waals surface area contributed by atoms with Crippen molar-refractivity contribution in [3.05, 3.63) is 12.2 Å². The Morgan fingerprint density at radius 2 is 1.16 bits per heavy atom. The van der Waals surface area contributed by atoms with Gasteiger partial charge in [-0.1, -0.05) is 6.58 Å². The number of hydrogen-bond donors (Lipinski definition) is 2. The van der Waals surface area contributed by atoms with E-state index in [-0.39, 0.29) is 12.0 Å². The van der Waals surface area contributed by atoms with Gasteiger partial charge in [-0.15, -0.1) is 0 Å². The van der Waals surface area contributed by atoms with Gasteiger partial charge in [-0.25, -0.2) is 4.79 Å². The van der Waals surface area contributed by atoms with Crippen molar-refractivity contribution in [1.29, 1.82) is 0 Å². The van der Waals surface area contributed by atoms with Crippen LogP contribution >= 0.6 is 0 Å². The first-order valence-corrected chi connectivity index (χ1v) is 12.2. The van der Waals surface area contributed by atoms with Crippen molar-refractivity contribution in [2.45, 2.75) is 135 Å². The smallest absolute Gasteiger partial charge is 0.429 e. The number of carbonyl (C=O) groups is 1. The van der Waals surface area contributed by atoms with E-state index in [2.05, 4.69) is 6.58 Å². The van der Waals surface area contributed by atoms with Crippen molar-refractivity contribution in [2.75, 3.05) is 0 Å². The van der Waals surface area contributed by atoms with E-state index in [0.717, 1.165) is 0 Å². The molecule has 0 spiro atoms. The molecule has 0 saturated heterocycles. The Morgan fingerprint density at radius 3 is 1.50 bits per heavy atom. The second-order valence-electron chi connectivity index (χ2n) is 12.8. The van der Waals surface area contributed by atoms with E-state index < -0.39 is 69.9 Å². The minimum Gasteiger partial charge on any atom is -0.459 e. The summed E-state index contributed by atoms with van der Waals surface area (Å²) in [5, 5.41) is 20.6. The number of aliphatic hydroxyl groups is 2. The highest BCUT2D eigenvalue weighted by Crippen LogP contribution is 2.56. The van der Waals surface area contributed by atoms with E-state index in [9.17, 15) is 41.4 Å². The molecule has 38 heavy (non-hydrogen) atoms. The summed E-state index contributed by atoms with van der Waals surface area (Å²) in [6, 6.07) is 0. The van der Waals surface area contributed by atoms with Crippen molar-refractivity contribution in [1.82, 2.24) is 0 Å². The third-order valence-electron chi connectivity index (χ3n) is 7.82. The molecule has 1 rings (SSSR count). The average Bonchev–Trinajstić information content (AvgIpc) is 2.57. The van der Waals surface area contributed by atoms with E-state index in [0.29, 0.717) is 13.8 Å². The molecular weight excluding hydrogens is 522 g/mol.